The molecule has 0 unspecified atom stereocenters. The molecular formula is C26H20F4N8O. The summed E-state index contributed by atoms with van der Waals surface area (Å²) in [6, 6.07) is 5.96. The fraction of sp³-hybridized carbons (Fsp3) is 0.269. The van der Waals surface area contributed by atoms with Gasteiger partial charge in [-0.05, 0) is 37.3 Å². The Balaban J connectivity index is 1.21. The molecule has 0 atom stereocenters. The van der Waals surface area contributed by atoms with Crippen LogP contribution in [-0.2, 0) is 12.8 Å². The van der Waals surface area contributed by atoms with Crippen molar-refractivity contribution in [1.82, 2.24) is 34.0 Å². The summed E-state index contributed by atoms with van der Waals surface area (Å²) in [7, 11) is 0. The number of pyridine rings is 1. The Morgan fingerprint density at radius 3 is 2.54 bits per heavy atom. The van der Waals surface area contributed by atoms with Gasteiger partial charge < -0.3 is 10.6 Å². The molecule has 39 heavy (non-hydrogen) atoms. The van der Waals surface area contributed by atoms with E-state index in [1.54, 1.807) is 27.6 Å². The van der Waals surface area contributed by atoms with Crippen LogP contribution in [0.25, 0.3) is 27.7 Å². The van der Waals surface area contributed by atoms with Crippen LogP contribution in [0.4, 0.5) is 23.4 Å². The monoisotopic (exact) mass is 536 g/mol. The zero-order chi connectivity index (χ0) is 27.1. The number of carbonyl (C=O) groups excluding carboxylic acids is 1. The number of amides is 1. The van der Waals surface area contributed by atoms with E-state index >= 15 is 4.39 Å². The van der Waals surface area contributed by atoms with E-state index in [2.05, 4.69) is 20.1 Å². The Hall–Kier alpha value is -4.55. The molecule has 2 N–H and O–H groups in total. The number of nitrogens with two attached hydrogens (primary N) is 1. The van der Waals surface area contributed by atoms with Crippen LogP contribution in [0, 0.1) is 11.7 Å². The Morgan fingerprint density at radius 1 is 1.10 bits per heavy atom. The van der Waals surface area contributed by atoms with Crippen molar-refractivity contribution < 1.29 is 22.4 Å². The van der Waals surface area contributed by atoms with E-state index in [1.807, 2.05) is 0 Å². The molecular weight excluding hydrogens is 516 g/mol. The van der Waals surface area contributed by atoms with Crippen molar-refractivity contribution in [1.29, 1.82) is 0 Å². The Bertz CT molecular complexity index is 1760. The summed E-state index contributed by atoms with van der Waals surface area (Å²) < 4.78 is 55.6. The van der Waals surface area contributed by atoms with Gasteiger partial charge in [0.05, 0.1) is 47.6 Å². The van der Waals surface area contributed by atoms with E-state index in [9.17, 15) is 18.0 Å². The number of nitrogen functional groups attached to an aromatic ring is 1. The predicted octanol–water partition coefficient (Wildman–Crippen LogP) is 4.53. The molecule has 3 aliphatic rings. The first-order chi connectivity index (χ1) is 18.6. The molecule has 8 rings (SSSR count). The molecule has 13 heteroatoms. The van der Waals surface area contributed by atoms with Gasteiger partial charge in [0, 0.05) is 35.1 Å². The van der Waals surface area contributed by atoms with Gasteiger partial charge in [0.2, 0.25) is 0 Å². The maximum atomic E-state index is 15.3. The summed E-state index contributed by atoms with van der Waals surface area (Å²) in [4.78, 5) is 28.3. The summed E-state index contributed by atoms with van der Waals surface area (Å²) in [5.74, 6) is -0.412. The summed E-state index contributed by atoms with van der Waals surface area (Å²) in [5, 5.41) is 3.36. The van der Waals surface area contributed by atoms with Gasteiger partial charge in [-0.25, -0.2) is 14.4 Å². The SMILES string of the molecule is Nc1nc2cc(F)c(C(=O)N(Cc3ccc(-c4cnn(C(F)(F)F)c4)cn3)C34CC(C3)C4)cc2n2cncc12. The third-order valence-electron chi connectivity index (χ3n) is 7.84. The normalized spacial score (nSPS) is 20.2. The van der Waals surface area contributed by atoms with Gasteiger partial charge in [0.1, 0.15) is 17.2 Å². The highest BCUT2D eigenvalue weighted by Gasteiger charge is 2.61. The number of carbonyl (C=O) groups is 1. The van der Waals surface area contributed by atoms with E-state index in [-0.39, 0.29) is 33.7 Å². The Kier molecular flexibility index (Phi) is 4.82. The molecule has 0 radical (unpaired) electrons. The van der Waals surface area contributed by atoms with Crippen molar-refractivity contribution in [3.63, 3.8) is 0 Å². The number of hydrogen-bond donors (Lipinski definition) is 1. The lowest BCUT2D eigenvalue weighted by Crippen LogP contribution is -2.69. The lowest BCUT2D eigenvalue weighted by molar-refractivity contribution is -0.212. The molecule has 1 aromatic carbocycles. The summed E-state index contributed by atoms with van der Waals surface area (Å²) in [5.41, 5.74) is 8.12. The molecule has 3 aliphatic carbocycles. The van der Waals surface area contributed by atoms with Gasteiger partial charge in [0.25, 0.3) is 5.91 Å². The van der Waals surface area contributed by atoms with E-state index in [0.717, 1.165) is 31.7 Å². The first-order valence-corrected chi connectivity index (χ1v) is 12.2. The van der Waals surface area contributed by atoms with Crippen molar-refractivity contribution in [2.75, 3.05) is 5.73 Å². The standard InChI is InChI=1S/C26H20F4N8O/c27-19-4-20-21(36-13-32-10-22(36)23(31)35-20)3-18(19)24(39)37(25-5-14(6-25)7-25)12-17-2-1-15(8-33-17)16-9-34-38(11-16)26(28,29)30/h1-4,8-11,13-14H,5-7,12H2,(H2,31,35). The van der Waals surface area contributed by atoms with Crippen LogP contribution in [0.2, 0.25) is 0 Å². The largest absolute Gasteiger partial charge is 0.504 e. The third kappa shape index (κ3) is 3.63. The lowest BCUT2D eigenvalue weighted by atomic mass is 9.49. The quantitative estimate of drug-likeness (QED) is 0.331. The van der Waals surface area contributed by atoms with Crippen LogP contribution in [0.5, 0.6) is 0 Å². The molecule has 3 fully saturated rings. The number of fused-ring (bicyclic) bond motifs is 3. The number of aromatic nitrogens is 6. The molecule has 1 amide bonds. The van der Waals surface area contributed by atoms with Crippen molar-refractivity contribution in [2.45, 2.75) is 37.6 Å². The van der Waals surface area contributed by atoms with Gasteiger partial charge in [-0.2, -0.15) is 9.78 Å². The maximum Gasteiger partial charge on any atom is 0.504 e. The topological polar surface area (TPSA) is 107 Å². The average molecular weight is 536 g/mol. The highest BCUT2D eigenvalue weighted by molar-refractivity contribution is 5.99. The van der Waals surface area contributed by atoms with E-state index in [4.69, 9.17) is 5.73 Å². The minimum atomic E-state index is -4.61. The Morgan fingerprint density at radius 2 is 1.90 bits per heavy atom. The van der Waals surface area contributed by atoms with Crippen LogP contribution < -0.4 is 5.73 Å². The first-order valence-electron chi connectivity index (χ1n) is 12.2. The number of anilines is 1. The van der Waals surface area contributed by atoms with Crippen LogP contribution in [0.15, 0.2) is 55.4 Å². The fourth-order valence-electron chi connectivity index (χ4n) is 5.69. The number of rotatable bonds is 5. The molecule has 0 aliphatic heterocycles. The summed E-state index contributed by atoms with van der Waals surface area (Å²) in [6.07, 6.45) is 4.43. The van der Waals surface area contributed by atoms with Crippen LogP contribution in [0.1, 0.15) is 35.3 Å². The highest BCUT2D eigenvalue weighted by atomic mass is 19.4. The van der Waals surface area contributed by atoms with Crippen molar-refractivity contribution in [3.8, 4) is 11.1 Å². The van der Waals surface area contributed by atoms with Crippen LogP contribution >= 0.6 is 0 Å². The molecule has 3 saturated carbocycles. The number of benzene rings is 1. The van der Waals surface area contributed by atoms with Crippen LogP contribution in [-0.4, -0.2) is 45.5 Å². The minimum absolute atomic E-state index is 0.0705. The second kappa shape index (κ2) is 7.98. The van der Waals surface area contributed by atoms with Crippen molar-refractivity contribution in [3.05, 3.63) is 72.5 Å². The van der Waals surface area contributed by atoms with E-state index in [0.29, 0.717) is 33.7 Å². The van der Waals surface area contributed by atoms with Crippen molar-refractivity contribution >= 4 is 28.3 Å². The van der Waals surface area contributed by atoms with Gasteiger partial charge in [-0.15, -0.1) is 13.2 Å². The fourth-order valence-corrected chi connectivity index (χ4v) is 5.69. The molecule has 0 spiro atoms. The number of hydrogen-bond acceptors (Lipinski definition) is 6. The van der Waals surface area contributed by atoms with Crippen molar-refractivity contribution in [2.24, 2.45) is 5.92 Å². The van der Waals surface area contributed by atoms with Gasteiger partial charge in [-0.1, -0.05) is 6.07 Å². The zero-order valence-electron chi connectivity index (χ0n) is 20.2. The van der Waals surface area contributed by atoms with Gasteiger partial charge >= 0.3 is 6.30 Å². The number of imidazole rings is 1. The Labute approximate surface area is 217 Å². The van der Waals surface area contributed by atoms with Gasteiger partial charge in [-0.3, -0.25) is 14.2 Å². The molecule has 2 bridgehead atoms. The van der Waals surface area contributed by atoms with Crippen LogP contribution in [0.3, 0.4) is 0 Å². The summed E-state index contributed by atoms with van der Waals surface area (Å²) >= 11 is 0. The third-order valence-corrected chi connectivity index (χ3v) is 7.84. The molecule has 4 aromatic heterocycles. The average Bonchev–Trinajstić information content (AvgIpc) is 3.52. The molecule has 5 aromatic rings. The molecule has 4 heterocycles. The molecule has 0 saturated heterocycles. The number of nitrogens with zero attached hydrogens (tertiary/aromatic N) is 7. The number of halogens is 4. The van der Waals surface area contributed by atoms with Gasteiger partial charge in [0.15, 0.2) is 0 Å². The summed E-state index contributed by atoms with van der Waals surface area (Å²) in [6.45, 7) is 0.131. The smallest absolute Gasteiger partial charge is 0.382 e. The molecule has 198 valence electrons. The first kappa shape index (κ1) is 23.6. The second-order valence-corrected chi connectivity index (χ2v) is 10.2. The lowest BCUT2D eigenvalue weighted by Gasteiger charge is -2.66. The highest BCUT2D eigenvalue weighted by Crippen LogP contribution is 2.61. The predicted molar refractivity (Wildman–Crippen MR) is 132 cm³/mol. The minimum Gasteiger partial charge on any atom is -0.382 e. The molecule has 9 nitrogen and oxygen atoms in total. The number of alkyl halides is 3. The van der Waals surface area contributed by atoms with E-state index in [1.165, 1.54) is 24.7 Å². The second-order valence-electron chi connectivity index (χ2n) is 10.2. The van der Waals surface area contributed by atoms with E-state index < -0.39 is 18.0 Å². The zero-order valence-corrected chi connectivity index (χ0v) is 20.2. The maximum absolute atomic E-state index is 15.3.